The summed E-state index contributed by atoms with van der Waals surface area (Å²) in [4.78, 5) is 11.1. The van der Waals surface area contributed by atoms with Crippen molar-refractivity contribution in [3.8, 4) is 0 Å². The van der Waals surface area contributed by atoms with Gasteiger partial charge in [0.05, 0.1) is 18.7 Å². The molecule has 1 saturated heterocycles. The molecule has 0 spiro atoms. The molecule has 0 bridgehead atoms. The van der Waals surface area contributed by atoms with Crippen molar-refractivity contribution >= 4 is 21.7 Å². The van der Waals surface area contributed by atoms with Gasteiger partial charge in [0.1, 0.15) is 10.7 Å². The highest BCUT2D eigenvalue weighted by atomic mass is 32.2. The number of esters is 1. The lowest BCUT2D eigenvalue weighted by Gasteiger charge is -2.17. The number of hydrogen-bond donors (Lipinski definition) is 1. The van der Waals surface area contributed by atoms with Crippen molar-refractivity contribution in [3.05, 3.63) is 24.0 Å². The first kappa shape index (κ1) is 15.7. The molecule has 0 amide bonds. The number of sulfonamides is 1. The van der Waals surface area contributed by atoms with Gasteiger partial charge in [0.25, 0.3) is 0 Å². The Kier molecular flexibility index (Phi) is 4.20. The highest BCUT2D eigenvalue weighted by Gasteiger charge is 2.42. The summed E-state index contributed by atoms with van der Waals surface area (Å²) in [5.41, 5.74) is 5.44. The zero-order valence-electron chi connectivity index (χ0n) is 11.7. The average Bonchev–Trinajstić information content (AvgIpc) is 2.80. The van der Waals surface area contributed by atoms with E-state index in [0.717, 1.165) is 10.4 Å². The molecule has 1 aliphatic heterocycles. The topological polar surface area (TPSA) is 89.7 Å². The second-order valence-electron chi connectivity index (χ2n) is 5.09. The van der Waals surface area contributed by atoms with Crippen LogP contribution in [0.1, 0.15) is 6.92 Å². The minimum atomic E-state index is -4.08. The molecule has 1 aliphatic rings. The summed E-state index contributed by atoms with van der Waals surface area (Å²) < 4.78 is 44.6. The third kappa shape index (κ3) is 2.73. The lowest BCUT2D eigenvalue weighted by molar-refractivity contribution is -0.145. The third-order valence-electron chi connectivity index (χ3n) is 3.68. The van der Waals surface area contributed by atoms with Gasteiger partial charge in [-0.15, -0.1) is 0 Å². The van der Waals surface area contributed by atoms with Gasteiger partial charge in [-0.2, -0.15) is 4.31 Å². The molecule has 1 aromatic carbocycles. The van der Waals surface area contributed by atoms with Crippen molar-refractivity contribution in [2.45, 2.75) is 11.8 Å². The third-order valence-corrected chi connectivity index (χ3v) is 5.60. The number of nitrogen functional groups attached to an aromatic ring is 1. The van der Waals surface area contributed by atoms with Crippen LogP contribution in [0.3, 0.4) is 0 Å². The first-order valence-corrected chi connectivity index (χ1v) is 7.85. The van der Waals surface area contributed by atoms with Gasteiger partial charge in [-0.1, -0.05) is 13.0 Å². The summed E-state index contributed by atoms with van der Waals surface area (Å²) in [6.07, 6.45) is 0. The minimum absolute atomic E-state index is 0.0378. The molecule has 0 aliphatic carbocycles. The molecule has 6 nitrogen and oxygen atoms in total. The largest absolute Gasteiger partial charge is 0.469 e. The average molecular weight is 316 g/mol. The van der Waals surface area contributed by atoms with Gasteiger partial charge in [0.15, 0.2) is 0 Å². The predicted molar refractivity (Wildman–Crippen MR) is 74.2 cm³/mol. The first-order valence-electron chi connectivity index (χ1n) is 6.41. The zero-order chi connectivity index (χ0) is 15.8. The Morgan fingerprint density at radius 3 is 2.67 bits per heavy atom. The smallest absolute Gasteiger partial charge is 0.310 e. The van der Waals surface area contributed by atoms with Crippen molar-refractivity contribution in [1.29, 1.82) is 0 Å². The lowest BCUT2D eigenvalue weighted by Crippen LogP contribution is -2.31. The van der Waals surface area contributed by atoms with E-state index >= 15 is 0 Å². The van der Waals surface area contributed by atoms with Gasteiger partial charge >= 0.3 is 5.97 Å². The van der Waals surface area contributed by atoms with E-state index in [-0.39, 0.29) is 24.7 Å². The predicted octanol–water partition coefficient (Wildman–Crippen LogP) is 0.837. The molecule has 2 unspecified atom stereocenters. The van der Waals surface area contributed by atoms with Crippen molar-refractivity contribution in [2.75, 3.05) is 25.9 Å². The van der Waals surface area contributed by atoms with Gasteiger partial charge in [-0.3, -0.25) is 4.79 Å². The molecule has 1 heterocycles. The van der Waals surface area contributed by atoms with E-state index in [1.54, 1.807) is 6.92 Å². The van der Waals surface area contributed by atoms with Gasteiger partial charge in [0.2, 0.25) is 10.0 Å². The number of carbonyl (C=O) groups excluding carboxylic acids is 1. The Balaban J connectivity index is 2.36. The highest BCUT2D eigenvalue weighted by Crippen LogP contribution is 2.32. The van der Waals surface area contributed by atoms with E-state index in [1.165, 1.54) is 19.2 Å². The SMILES string of the molecule is COC(=O)C1CN(S(=O)(=O)c2c(N)cccc2F)CC1C. The van der Waals surface area contributed by atoms with Crippen LogP contribution >= 0.6 is 0 Å². The van der Waals surface area contributed by atoms with Crippen LogP contribution in [0, 0.1) is 17.7 Å². The number of hydrogen-bond acceptors (Lipinski definition) is 5. The molecule has 116 valence electrons. The van der Waals surface area contributed by atoms with Crippen LogP contribution in [-0.2, 0) is 19.6 Å². The van der Waals surface area contributed by atoms with E-state index in [0.29, 0.717) is 0 Å². The van der Waals surface area contributed by atoms with Gasteiger partial charge in [0, 0.05) is 13.1 Å². The Morgan fingerprint density at radius 2 is 2.10 bits per heavy atom. The van der Waals surface area contributed by atoms with Crippen molar-refractivity contribution < 1.29 is 22.3 Å². The van der Waals surface area contributed by atoms with Crippen LogP contribution in [-0.4, -0.2) is 38.9 Å². The maximum absolute atomic E-state index is 13.8. The fourth-order valence-electron chi connectivity index (χ4n) is 2.50. The number of carbonyl (C=O) groups is 1. The van der Waals surface area contributed by atoms with Crippen LogP contribution in [0.25, 0.3) is 0 Å². The van der Waals surface area contributed by atoms with Crippen LogP contribution < -0.4 is 5.73 Å². The number of benzene rings is 1. The molecule has 0 radical (unpaired) electrons. The zero-order valence-corrected chi connectivity index (χ0v) is 12.6. The van der Waals surface area contributed by atoms with Crippen molar-refractivity contribution in [2.24, 2.45) is 11.8 Å². The Labute approximate surface area is 122 Å². The maximum atomic E-state index is 13.8. The molecular weight excluding hydrogens is 299 g/mol. The first-order chi connectivity index (χ1) is 9.78. The van der Waals surface area contributed by atoms with Gasteiger partial charge in [-0.25, -0.2) is 12.8 Å². The Bertz CT molecular complexity index is 642. The molecule has 0 aromatic heterocycles. The standard InChI is InChI=1S/C13H17FN2O4S/c1-8-6-16(7-9(8)13(17)20-2)21(18,19)12-10(14)4-3-5-11(12)15/h3-5,8-9H,6-7,15H2,1-2H3. The number of nitrogens with two attached hydrogens (primary N) is 1. The number of rotatable bonds is 3. The van der Waals surface area contributed by atoms with Crippen molar-refractivity contribution in [3.63, 3.8) is 0 Å². The Hall–Kier alpha value is -1.67. The minimum Gasteiger partial charge on any atom is -0.469 e. The summed E-state index contributed by atoms with van der Waals surface area (Å²) in [7, 11) is -2.83. The van der Waals surface area contributed by atoms with Crippen LogP contribution in [0.2, 0.25) is 0 Å². The van der Waals surface area contributed by atoms with E-state index in [1.807, 2.05) is 0 Å². The molecule has 8 heteroatoms. The monoisotopic (exact) mass is 316 g/mol. The summed E-state index contributed by atoms with van der Waals surface area (Å²) in [5, 5.41) is 0. The molecule has 2 rings (SSSR count). The summed E-state index contributed by atoms with van der Waals surface area (Å²) in [5.74, 6) is -2.14. The molecule has 2 N–H and O–H groups in total. The van der Waals surface area contributed by atoms with E-state index in [9.17, 15) is 17.6 Å². The number of methoxy groups -OCH3 is 1. The van der Waals surface area contributed by atoms with Gasteiger partial charge in [-0.05, 0) is 18.1 Å². The van der Waals surface area contributed by atoms with E-state index in [4.69, 9.17) is 5.73 Å². The summed E-state index contributed by atoms with van der Waals surface area (Å²) in [6.45, 7) is 1.83. The maximum Gasteiger partial charge on any atom is 0.310 e. The fraction of sp³-hybridized carbons (Fsp3) is 0.462. The van der Waals surface area contributed by atoms with Crippen LogP contribution in [0.4, 0.5) is 10.1 Å². The number of ether oxygens (including phenoxy) is 1. The number of anilines is 1. The number of nitrogens with zero attached hydrogens (tertiary/aromatic N) is 1. The summed E-state index contributed by atoms with van der Waals surface area (Å²) >= 11 is 0. The van der Waals surface area contributed by atoms with Crippen molar-refractivity contribution in [1.82, 2.24) is 4.31 Å². The van der Waals surface area contributed by atoms with Crippen LogP contribution in [0.15, 0.2) is 23.1 Å². The quantitative estimate of drug-likeness (QED) is 0.659. The lowest BCUT2D eigenvalue weighted by atomic mass is 9.99. The normalized spacial score (nSPS) is 23.2. The van der Waals surface area contributed by atoms with Crippen LogP contribution in [0.5, 0.6) is 0 Å². The number of halogens is 1. The molecule has 1 fully saturated rings. The fourth-order valence-corrected chi connectivity index (χ4v) is 4.23. The molecule has 2 atom stereocenters. The molecule has 0 saturated carbocycles. The van der Waals surface area contributed by atoms with E-state index in [2.05, 4.69) is 4.74 Å². The second kappa shape index (κ2) is 5.61. The second-order valence-corrected chi connectivity index (χ2v) is 6.96. The molecule has 1 aromatic rings. The van der Waals surface area contributed by atoms with Gasteiger partial charge < -0.3 is 10.5 Å². The molecule has 21 heavy (non-hydrogen) atoms. The summed E-state index contributed by atoms with van der Waals surface area (Å²) in [6, 6.07) is 3.71. The molecular formula is C13H17FN2O4S. The van der Waals surface area contributed by atoms with E-state index < -0.39 is 32.6 Å². The Morgan fingerprint density at radius 1 is 1.43 bits per heavy atom. The highest BCUT2D eigenvalue weighted by molar-refractivity contribution is 7.89.